The highest BCUT2D eigenvalue weighted by atomic mass is 35.5. The van der Waals surface area contributed by atoms with E-state index in [2.05, 4.69) is 48.9 Å². The highest BCUT2D eigenvalue weighted by molar-refractivity contribution is 7.15. The molecule has 4 aromatic heterocycles. The normalized spacial score (nSPS) is 15.9. The lowest BCUT2D eigenvalue weighted by molar-refractivity contribution is -0.136. The van der Waals surface area contributed by atoms with E-state index in [1.807, 2.05) is 52.8 Å². The first kappa shape index (κ1) is 36.9. The van der Waals surface area contributed by atoms with E-state index in [0.717, 1.165) is 60.8 Å². The van der Waals surface area contributed by atoms with E-state index < -0.39 is 29.7 Å². The van der Waals surface area contributed by atoms with Crippen LogP contribution in [0.4, 0.5) is 0 Å². The topological polar surface area (TPSA) is 171 Å². The number of hydrogen-bond acceptors (Lipinski definition) is 11. The molecule has 1 fully saturated rings. The van der Waals surface area contributed by atoms with Gasteiger partial charge in [0.2, 0.25) is 11.8 Å². The first-order valence-corrected chi connectivity index (χ1v) is 19.7. The van der Waals surface area contributed by atoms with Crippen LogP contribution in [0.25, 0.3) is 5.00 Å². The van der Waals surface area contributed by atoms with Gasteiger partial charge < -0.3 is 9.30 Å². The van der Waals surface area contributed by atoms with Crippen LogP contribution in [0, 0.1) is 25.7 Å². The first-order valence-electron chi connectivity index (χ1n) is 18.5. The van der Waals surface area contributed by atoms with Crippen molar-refractivity contribution in [3.05, 3.63) is 128 Å². The fraction of sp³-hybridized carbons (Fsp3) is 0.244. The highest BCUT2D eigenvalue weighted by Gasteiger charge is 2.46. The van der Waals surface area contributed by atoms with Crippen LogP contribution in [0.2, 0.25) is 5.02 Å². The van der Waals surface area contributed by atoms with Crippen LogP contribution in [0.15, 0.2) is 72.4 Å². The van der Waals surface area contributed by atoms with Crippen molar-refractivity contribution >= 4 is 52.3 Å². The maximum atomic E-state index is 13.4. The molecule has 58 heavy (non-hydrogen) atoms. The van der Waals surface area contributed by atoms with Crippen molar-refractivity contribution in [2.75, 3.05) is 0 Å². The third-order valence-corrected chi connectivity index (χ3v) is 11.6. The summed E-state index contributed by atoms with van der Waals surface area (Å²) in [5.74, 6) is 6.17. The summed E-state index contributed by atoms with van der Waals surface area (Å²) in [6.07, 6.45) is 8.17. The third kappa shape index (κ3) is 6.77. The Balaban J connectivity index is 0.830. The standard InChI is InChI=1S/C41H33ClN10O5S/c1-23-32(58-41-35(23)37(26-8-10-27(42)11-9-26)43-18-33-48-47-24(2)51(33)41)13-7-25-17-45-50(19-25)16-4-15-49-20-28(44-22-49)21-57-31-6-3-5-29-36(31)40(56)52(39(29)55)30-12-14-34(53)46-38(30)54/h3,5-6,8-11,17,19-20,22,30H,4,12,14-16,18,21H2,1-2H3,(H,46,53,54). The molecule has 1 N–H and O–H groups in total. The van der Waals surface area contributed by atoms with E-state index in [9.17, 15) is 19.2 Å². The fourth-order valence-corrected chi connectivity index (χ4v) is 8.71. The number of halogens is 1. The Bertz CT molecular complexity index is 2770. The molecule has 1 saturated heterocycles. The lowest BCUT2D eigenvalue weighted by atomic mass is 10.00. The van der Waals surface area contributed by atoms with Gasteiger partial charge in [-0.25, -0.2) is 4.98 Å². The van der Waals surface area contributed by atoms with Gasteiger partial charge in [-0.3, -0.25) is 43.6 Å². The quantitative estimate of drug-likeness (QED) is 0.159. The molecule has 290 valence electrons. The summed E-state index contributed by atoms with van der Waals surface area (Å²) in [4.78, 5) is 61.9. The van der Waals surface area contributed by atoms with Gasteiger partial charge in [-0.1, -0.05) is 41.6 Å². The Hall–Kier alpha value is -6.70. The minimum Gasteiger partial charge on any atom is -0.486 e. The van der Waals surface area contributed by atoms with Gasteiger partial charge in [0.05, 0.1) is 45.5 Å². The number of piperidine rings is 1. The molecule has 1 unspecified atom stereocenters. The molecule has 15 nitrogen and oxygen atoms in total. The van der Waals surface area contributed by atoms with Gasteiger partial charge in [0, 0.05) is 48.1 Å². The number of imidazole rings is 1. The number of aryl methyl sites for hydroxylation is 3. The summed E-state index contributed by atoms with van der Waals surface area (Å²) >= 11 is 7.80. The molecule has 4 amide bonds. The van der Waals surface area contributed by atoms with E-state index in [4.69, 9.17) is 21.3 Å². The number of rotatable bonds is 9. The lowest BCUT2D eigenvalue weighted by Crippen LogP contribution is -2.54. The number of aromatic nitrogens is 7. The van der Waals surface area contributed by atoms with Crippen LogP contribution in [0.5, 0.6) is 5.75 Å². The monoisotopic (exact) mass is 812 g/mol. The predicted molar refractivity (Wildman–Crippen MR) is 212 cm³/mol. The van der Waals surface area contributed by atoms with Crippen molar-refractivity contribution < 1.29 is 23.9 Å². The number of aliphatic imine (C=N–C) groups is 1. The van der Waals surface area contributed by atoms with Gasteiger partial charge in [0.25, 0.3) is 11.8 Å². The van der Waals surface area contributed by atoms with Crippen molar-refractivity contribution in [1.82, 2.24) is 44.3 Å². The fourth-order valence-electron chi connectivity index (χ4n) is 7.35. The van der Waals surface area contributed by atoms with Crippen LogP contribution >= 0.6 is 22.9 Å². The molecule has 0 radical (unpaired) electrons. The van der Waals surface area contributed by atoms with Crippen LogP contribution in [0.3, 0.4) is 0 Å². The Morgan fingerprint density at radius 1 is 0.983 bits per heavy atom. The molecule has 0 spiro atoms. The van der Waals surface area contributed by atoms with Crippen LogP contribution in [-0.4, -0.2) is 74.4 Å². The van der Waals surface area contributed by atoms with Gasteiger partial charge in [-0.2, -0.15) is 5.10 Å². The van der Waals surface area contributed by atoms with E-state index in [0.29, 0.717) is 30.4 Å². The zero-order chi connectivity index (χ0) is 40.1. The van der Waals surface area contributed by atoms with E-state index in [1.165, 1.54) is 6.07 Å². The maximum absolute atomic E-state index is 13.4. The number of carbonyl (C=O) groups is 4. The zero-order valence-electron chi connectivity index (χ0n) is 31.2. The molecule has 0 bridgehead atoms. The molecule has 2 aromatic carbocycles. The molecule has 7 heterocycles. The molecule has 0 aliphatic carbocycles. The Morgan fingerprint density at radius 2 is 1.83 bits per heavy atom. The number of nitrogens with one attached hydrogen (secondary N) is 1. The molecule has 9 rings (SSSR count). The molecule has 3 aliphatic heterocycles. The highest BCUT2D eigenvalue weighted by Crippen LogP contribution is 2.37. The molecule has 3 aliphatic rings. The SMILES string of the molecule is Cc1c(C#Cc2cnn(CCCn3cnc(COc4cccc5c4C(=O)N(C4CCC(=O)NC4=O)C5=O)c3)c2)sc2c1C(c1ccc(Cl)cc1)=NCc1nnc(C)n1-2. The number of benzene rings is 2. The molecular weight excluding hydrogens is 780 g/mol. The summed E-state index contributed by atoms with van der Waals surface area (Å²) in [5.41, 5.74) is 5.57. The number of hydrogen-bond donors (Lipinski definition) is 1. The van der Waals surface area contributed by atoms with Crippen molar-refractivity contribution in [1.29, 1.82) is 0 Å². The minimum atomic E-state index is -1.05. The van der Waals surface area contributed by atoms with Crippen LogP contribution in [-0.2, 0) is 35.8 Å². The lowest BCUT2D eigenvalue weighted by Gasteiger charge is -2.27. The van der Waals surface area contributed by atoms with Crippen molar-refractivity contribution in [3.8, 4) is 22.6 Å². The number of thiophene rings is 1. The van der Waals surface area contributed by atoms with E-state index in [-0.39, 0.29) is 36.3 Å². The van der Waals surface area contributed by atoms with E-state index >= 15 is 0 Å². The number of carbonyl (C=O) groups excluding carboxylic acids is 4. The Kier molecular flexibility index (Phi) is 9.54. The van der Waals surface area contributed by atoms with E-state index in [1.54, 1.807) is 36.0 Å². The summed E-state index contributed by atoms with van der Waals surface area (Å²) in [5, 5.41) is 17.1. The number of imide groups is 2. The summed E-state index contributed by atoms with van der Waals surface area (Å²) in [6.45, 7) is 5.81. The molecular formula is C41H33ClN10O5S. The second-order valence-electron chi connectivity index (χ2n) is 14.0. The Morgan fingerprint density at radius 3 is 2.66 bits per heavy atom. The first-order chi connectivity index (χ1) is 28.1. The average molecular weight is 813 g/mol. The predicted octanol–water partition coefficient (Wildman–Crippen LogP) is 4.81. The number of nitrogens with zero attached hydrogens (tertiary/aromatic N) is 9. The van der Waals surface area contributed by atoms with Gasteiger partial charge in [0.15, 0.2) is 5.82 Å². The van der Waals surface area contributed by atoms with Crippen molar-refractivity contribution in [2.24, 2.45) is 4.99 Å². The van der Waals surface area contributed by atoms with Gasteiger partial charge in [0.1, 0.15) is 35.8 Å². The maximum Gasteiger partial charge on any atom is 0.266 e. The largest absolute Gasteiger partial charge is 0.486 e. The van der Waals surface area contributed by atoms with Crippen molar-refractivity contribution in [3.63, 3.8) is 0 Å². The summed E-state index contributed by atoms with van der Waals surface area (Å²) < 4.78 is 11.9. The Labute approximate surface area is 340 Å². The summed E-state index contributed by atoms with van der Waals surface area (Å²) in [7, 11) is 0. The summed E-state index contributed by atoms with van der Waals surface area (Å²) in [6, 6.07) is 11.4. The number of fused-ring (bicyclic) bond motifs is 4. The second-order valence-corrected chi connectivity index (χ2v) is 15.5. The zero-order valence-corrected chi connectivity index (χ0v) is 32.8. The molecule has 17 heteroatoms. The van der Waals surface area contributed by atoms with Gasteiger partial charge in [-0.05, 0) is 56.5 Å². The number of amides is 4. The van der Waals surface area contributed by atoms with Crippen molar-refractivity contribution in [2.45, 2.75) is 65.4 Å². The van der Waals surface area contributed by atoms with Crippen LogP contribution in [0.1, 0.15) is 84.5 Å². The molecule has 1 atom stereocenters. The second kappa shape index (κ2) is 15.0. The van der Waals surface area contributed by atoms with Crippen LogP contribution < -0.4 is 10.1 Å². The number of ether oxygens (including phenoxy) is 1. The molecule has 6 aromatic rings. The smallest absolute Gasteiger partial charge is 0.266 e. The molecule has 0 saturated carbocycles. The van der Waals surface area contributed by atoms with Gasteiger partial charge in [-0.15, -0.1) is 21.5 Å². The third-order valence-electron chi connectivity index (χ3n) is 10.2. The minimum absolute atomic E-state index is 0.0443. The average Bonchev–Trinajstić information content (AvgIpc) is 4.03. The van der Waals surface area contributed by atoms with Gasteiger partial charge >= 0.3 is 0 Å².